The maximum atomic E-state index is 11.2. The first-order valence-corrected chi connectivity index (χ1v) is 6.10. The molecule has 4 heteroatoms. The first-order chi connectivity index (χ1) is 8.11. The summed E-state index contributed by atoms with van der Waals surface area (Å²) in [5.41, 5.74) is 2.01. The number of hydrogen-bond donors (Lipinski definition) is 1. The number of rotatable bonds is 3. The zero-order valence-electron chi connectivity index (χ0n) is 9.35. The lowest BCUT2D eigenvalue weighted by Crippen LogP contribution is -1.96. The van der Waals surface area contributed by atoms with E-state index in [0.29, 0.717) is 5.56 Å². The number of carbonyl (C=O) groups is 1. The van der Waals surface area contributed by atoms with Gasteiger partial charge in [-0.25, -0.2) is 4.79 Å². The number of halogens is 1. The summed E-state index contributed by atoms with van der Waals surface area (Å²) in [6, 6.07) is 7.63. The van der Waals surface area contributed by atoms with Crippen LogP contribution in [0.15, 0.2) is 41.1 Å². The molecule has 0 atom stereocenters. The molecule has 0 saturated carbocycles. The number of hydrogen-bond acceptors (Lipinski definition) is 1. The van der Waals surface area contributed by atoms with Crippen LogP contribution in [0.4, 0.5) is 0 Å². The van der Waals surface area contributed by atoms with Gasteiger partial charge in [0, 0.05) is 29.0 Å². The Balaban J connectivity index is 2.53. The van der Waals surface area contributed by atoms with Crippen LogP contribution in [0, 0.1) is 0 Å². The van der Waals surface area contributed by atoms with Crippen LogP contribution in [0.2, 0.25) is 0 Å². The van der Waals surface area contributed by atoms with E-state index < -0.39 is 5.97 Å². The molecule has 0 amide bonds. The molecule has 0 aliphatic carbocycles. The van der Waals surface area contributed by atoms with E-state index in [1.54, 1.807) is 6.20 Å². The van der Waals surface area contributed by atoms with E-state index in [0.717, 1.165) is 22.1 Å². The lowest BCUT2D eigenvalue weighted by atomic mass is 10.1. The first kappa shape index (κ1) is 11.9. The second kappa shape index (κ2) is 4.75. The Labute approximate surface area is 108 Å². The topological polar surface area (TPSA) is 42.2 Å². The van der Waals surface area contributed by atoms with Crippen LogP contribution in [0.3, 0.4) is 0 Å². The highest BCUT2D eigenvalue weighted by Crippen LogP contribution is 2.26. The highest BCUT2D eigenvalue weighted by Gasteiger charge is 2.14. The monoisotopic (exact) mass is 293 g/mol. The predicted molar refractivity (Wildman–Crippen MR) is 70.2 cm³/mol. The molecule has 0 fully saturated rings. The van der Waals surface area contributed by atoms with Crippen molar-refractivity contribution < 1.29 is 9.90 Å². The molecule has 88 valence electrons. The summed E-state index contributed by atoms with van der Waals surface area (Å²) in [4.78, 5) is 11.2. The van der Waals surface area contributed by atoms with Gasteiger partial charge < -0.3 is 9.67 Å². The molecule has 2 rings (SSSR count). The van der Waals surface area contributed by atoms with Crippen molar-refractivity contribution in [3.63, 3.8) is 0 Å². The average Bonchev–Trinajstić information content (AvgIpc) is 2.74. The quantitative estimate of drug-likeness (QED) is 0.939. The molecule has 1 aromatic heterocycles. The van der Waals surface area contributed by atoms with Crippen LogP contribution in [0.5, 0.6) is 0 Å². The maximum absolute atomic E-state index is 11.2. The zero-order valence-corrected chi connectivity index (χ0v) is 10.9. The number of carboxylic acid groups (broad SMARTS) is 1. The minimum atomic E-state index is -0.893. The van der Waals surface area contributed by atoms with Crippen LogP contribution in [-0.2, 0) is 6.54 Å². The Morgan fingerprint density at radius 2 is 1.94 bits per heavy atom. The third kappa shape index (κ3) is 2.42. The smallest absolute Gasteiger partial charge is 0.337 e. The van der Waals surface area contributed by atoms with Crippen molar-refractivity contribution in [2.75, 3.05) is 0 Å². The number of benzene rings is 1. The Bertz CT molecular complexity index is 543. The molecule has 1 aromatic carbocycles. The van der Waals surface area contributed by atoms with E-state index in [4.69, 9.17) is 5.11 Å². The molecule has 0 aliphatic rings. The number of aryl methyl sites for hydroxylation is 1. The van der Waals surface area contributed by atoms with Gasteiger partial charge in [0.05, 0.1) is 5.56 Å². The Morgan fingerprint density at radius 3 is 2.47 bits per heavy atom. The highest BCUT2D eigenvalue weighted by atomic mass is 79.9. The fraction of sp³-hybridized carbons (Fsp3) is 0.154. The van der Waals surface area contributed by atoms with E-state index in [1.807, 2.05) is 42.0 Å². The van der Waals surface area contributed by atoms with Crippen LogP contribution in [-0.4, -0.2) is 15.6 Å². The summed E-state index contributed by atoms with van der Waals surface area (Å²) in [6.45, 7) is 2.74. The van der Waals surface area contributed by atoms with Crippen LogP contribution < -0.4 is 0 Å². The standard InChI is InChI=1S/C13H12BrNO2/c1-2-15-7-11(12(8-15)13(16)17)9-3-5-10(14)6-4-9/h3-8H,2H2,1H3,(H,16,17). The van der Waals surface area contributed by atoms with Crippen LogP contribution in [0.25, 0.3) is 11.1 Å². The van der Waals surface area contributed by atoms with Crippen molar-refractivity contribution in [3.8, 4) is 11.1 Å². The average molecular weight is 294 g/mol. The minimum absolute atomic E-state index is 0.342. The molecule has 0 unspecified atom stereocenters. The zero-order chi connectivity index (χ0) is 12.4. The summed E-state index contributed by atoms with van der Waals surface area (Å²) < 4.78 is 2.86. The number of carboxylic acids is 1. The van der Waals surface area contributed by atoms with Gasteiger partial charge in [-0.05, 0) is 24.6 Å². The summed E-state index contributed by atoms with van der Waals surface area (Å²) in [5.74, 6) is -0.893. The Hall–Kier alpha value is -1.55. The normalized spacial score (nSPS) is 10.5. The number of nitrogens with zero attached hydrogens (tertiary/aromatic N) is 1. The van der Waals surface area contributed by atoms with Gasteiger partial charge >= 0.3 is 5.97 Å². The minimum Gasteiger partial charge on any atom is -0.478 e. The molecule has 0 radical (unpaired) electrons. The van der Waals surface area contributed by atoms with E-state index in [1.165, 1.54) is 0 Å². The third-order valence-electron chi connectivity index (χ3n) is 2.63. The van der Waals surface area contributed by atoms with Gasteiger partial charge in [0.2, 0.25) is 0 Å². The third-order valence-corrected chi connectivity index (χ3v) is 3.16. The van der Waals surface area contributed by atoms with Crippen molar-refractivity contribution in [2.45, 2.75) is 13.5 Å². The van der Waals surface area contributed by atoms with E-state index in [2.05, 4.69) is 15.9 Å². The summed E-state index contributed by atoms with van der Waals surface area (Å²) in [6.07, 6.45) is 3.53. The van der Waals surface area contributed by atoms with Gasteiger partial charge in [-0.2, -0.15) is 0 Å². The molecule has 17 heavy (non-hydrogen) atoms. The van der Waals surface area contributed by atoms with E-state index in [-0.39, 0.29) is 0 Å². The second-order valence-corrected chi connectivity index (χ2v) is 4.64. The number of aromatic nitrogens is 1. The van der Waals surface area contributed by atoms with E-state index in [9.17, 15) is 4.79 Å². The maximum Gasteiger partial charge on any atom is 0.337 e. The van der Waals surface area contributed by atoms with Gasteiger partial charge in [0.15, 0.2) is 0 Å². The molecule has 0 aliphatic heterocycles. The molecule has 0 saturated heterocycles. The SMILES string of the molecule is CCn1cc(C(=O)O)c(-c2ccc(Br)cc2)c1. The van der Waals surface area contributed by atoms with Gasteiger partial charge in [-0.3, -0.25) is 0 Å². The molecule has 2 aromatic rings. The number of aromatic carboxylic acids is 1. The molecule has 1 N–H and O–H groups in total. The van der Waals surface area contributed by atoms with Crippen molar-refractivity contribution in [2.24, 2.45) is 0 Å². The van der Waals surface area contributed by atoms with Crippen molar-refractivity contribution in [1.82, 2.24) is 4.57 Å². The van der Waals surface area contributed by atoms with Crippen molar-refractivity contribution in [1.29, 1.82) is 0 Å². The second-order valence-electron chi connectivity index (χ2n) is 3.73. The molecular formula is C13H12BrNO2. The van der Waals surface area contributed by atoms with Crippen LogP contribution in [0.1, 0.15) is 17.3 Å². The molecule has 0 spiro atoms. The molecule has 0 bridgehead atoms. The summed E-state index contributed by atoms with van der Waals surface area (Å²) in [5, 5.41) is 9.17. The van der Waals surface area contributed by atoms with Crippen molar-refractivity contribution >= 4 is 21.9 Å². The lowest BCUT2D eigenvalue weighted by Gasteiger charge is -2.00. The summed E-state index contributed by atoms with van der Waals surface area (Å²) in [7, 11) is 0. The van der Waals surface area contributed by atoms with Gasteiger partial charge in [-0.15, -0.1) is 0 Å². The van der Waals surface area contributed by atoms with Crippen molar-refractivity contribution in [3.05, 3.63) is 46.7 Å². The largest absolute Gasteiger partial charge is 0.478 e. The molecule has 3 nitrogen and oxygen atoms in total. The molecule has 1 heterocycles. The Morgan fingerprint density at radius 1 is 1.29 bits per heavy atom. The van der Waals surface area contributed by atoms with Gasteiger partial charge in [-0.1, -0.05) is 28.1 Å². The fourth-order valence-corrected chi connectivity index (χ4v) is 1.98. The molecular weight excluding hydrogens is 282 g/mol. The lowest BCUT2D eigenvalue weighted by molar-refractivity contribution is 0.0697. The predicted octanol–water partition coefficient (Wildman–Crippen LogP) is 3.64. The fourth-order valence-electron chi connectivity index (χ4n) is 1.72. The Kier molecular flexibility index (Phi) is 3.33. The van der Waals surface area contributed by atoms with Crippen LogP contribution >= 0.6 is 15.9 Å². The van der Waals surface area contributed by atoms with Gasteiger partial charge in [0.1, 0.15) is 0 Å². The highest BCUT2D eigenvalue weighted by molar-refractivity contribution is 9.10. The summed E-state index contributed by atoms with van der Waals surface area (Å²) >= 11 is 3.36. The van der Waals surface area contributed by atoms with E-state index >= 15 is 0 Å². The first-order valence-electron chi connectivity index (χ1n) is 5.31. The van der Waals surface area contributed by atoms with Gasteiger partial charge in [0.25, 0.3) is 0 Å².